The van der Waals surface area contributed by atoms with Gasteiger partial charge in [-0.3, -0.25) is 10.1 Å². The topological polar surface area (TPSA) is 113 Å². The lowest BCUT2D eigenvalue weighted by atomic mass is 10.1. The zero-order valence-corrected chi connectivity index (χ0v) is 13.9. The van der Waals surface area contributed by atoms with E-state index in [0.717, 1.165) is 19.5 Å². The molecule has 2 rings (SSSR count). The van der Waals surface area contributed by atoms with Crippen molar-refractivity contribution in [3.63, 3.8) is 0 Å². The Morgan fingerprint density at radius 2 is 1.96 bits per heavy atom. The second kappa shape index (κ2) is 7.40. The molecule has 9 nitrogen and oxygen atoms in total. The number of hydrogen-bond donors (Lipinski definition) is 2. The molecule has 1 fully saturated rings. The monoisotopic (exact) mass is 323 g/mol. The van der Waals surface area contributed by atoms with Crippen molar-refractivity contribution < 1.29 is 4.92 Å². The van der Waals surface area contributed by atoms with Gasteiger partial charge in [-0.2, -0.15) is 9.97 Å². The zero-order valence-electron chi connectivity index (χ0n) is 13.9. The predicted molar refractivity (Wildman–Crippen MR) is 90.8 cm³/mol. The third-order valence-corrected chi connectivity index (χ3v) is 3.88. The smallest absolute Gasteiger partial charge is 0.353 e. The number of nitrogens with two attached hydrogens (primary N) is 1. The number of nitrogens with zero attached hydrogens (tertiary/aromatic N) is 5. The molecule has 0 amide bonds. The van der Waals surface area contributed by atoms with Crippen molar-refractivity contribution in [2.45, 2.75) is 20.3 Å². The first-order valence-electron chi connectivity index (χ1n) is 7.87. The lowest BCUT2D eigenvalue weighted by Gasteiger charge is -2.32. The van der Waals surface area contributed by atoms with Crippen LogP contribution in [0.25, 0.3) is 0 Å². The third-order valence-electron chi connectivity index (χ3n) is 3.88. The van der Waals surface area contributed by atoms with Gasteiger partial charge in [0.2, 0.25) is 17.6 Å². The fourth-order valence-electron chi connectivity index (χ4n) is 2.43. The maximum absolute atomic E-state index is 11.4. The minimum atomic E-state index is -0.499. The molecule has 0 aliphatic carbocycles. The van der Waals surface area contributed by atoms with Gasteiger partial charge in [0.1, 0.15) is 0 Å². The highest BCUT2D eigenvalue weighted by molar-refractivity contribution is 5.71. The highest BCUT2D eigenvalue weighted by atomic mass is 16.6. The summed E-state index contributed by atoms with van der Waals surface area (Å²) in [5, 5.41) is 14.5. The number of likely N-dealkylation sites (N-methyl/N-ethyl adjacent to an activating group) is 1. The molecule has 0 bridgehead atoms. The van der Waals surface area contributed by atoms with Crippen molar-refractivity contribution in [2.24, 2.45) is 5.92 Å². The summed E-state index contributed by atoms with van der Waals surface area (Å²) in [6, 6.07) is 0. The van der Waals surface area contributed by atoms with Crippen molar-refractivity contribution in [1.29, 1.82) is 0 Å². The molecule has 0 spiro atoms. The van der Waals surface area contributed by atoms with Gasteiger partial charge in [-0.25, -0.2) is 0 Å². The van der Waals surface area contributed by atoms with Crippen LogP contribution in [0.4, 0.5) is 23.3 Å². The van der Waals surface area contributed by atoms with E-state index in [1.807, 2.05) is 11.9 Å². The molecule has 0 saturated carbocycles. The van der Waals surface area contributed by atoms with Crippen molar-refractivity contribution in [3.05, 3.63) is 10.1 Å². The van der Waals surface area contributed by atoms with Crippen LogP contribution in [0.5, 0.6) is 0 Å². The van der Waals surface area contributed by atoms with E-state index in [0.29, 0.717) is 37.3 Å². The molecule has 1 aromatic rings. The molecule has 9 heteroatoms. The van der Waals surface area contributed by atoms with Crippen LogP contribution in [0.15, 0.2) is 0 Å². The van der Waals surface area contributed by atoms with Crippen molar-refractivity contribution >= 4 is 23.3 Å². The maximum atomic E-state index is 11.4. The van der Waals surface area contributed by atoms with E-state index < -0.39 is 4.92 Å². The maximum Gasteiger partial charge on any atom is 0.353 e. The summed E-state index contributed by atoms with van der Waals surface area (Å²) >= 11 is 0. The van der Waals surface area contributed by atoms with Crippen LogP contribution in [0.2, 0.25) is 0 Å². The number of nitro groups is 1. The first-order valence-corrected chi connectivity index (χ1v) is 7.87. The number of hydrogen-bond acceptors (Lipinski definition) is 8. The number of piperazine rings is 1. The number of rotatable bonds is 6. The minimum Gasteiger partial charge on any atom is -0.378 e. The second-order valence-corrected chi connectivity index (χ2v) is 6.26. The molecule has 0 atom stereocenters. The Bertz CT molecular complexity index is 556. The lowest BCUT2D eigenvalue weighted by molar-refractivity contribution is -0.383. The number of aromatic nitrogens is 2. The van der Waals surface area contributed by atoms with Gasteiger partial charge in [0.15, 0.2) is 0 Å². The SMILES string of the molecule is CC(C)CCNc1nc(N)c([N+](=O)[O-])c(N2CCN(C)CC2)n1. The van der Waals surface area contributed by atoms with Gasteiger partial charge in [0.25, 0.3) is 0 Å². The summed E-state index contributed by atoms with van der Waals surface area (Å²) in [5.74, 6) is 1.12. The van der Waals surface area contributed by atoms with Gasteiger partial charge in [-0.05, 0) is 19.4 Å². The Morgan fingerprint density at radius 3 is 2.52 bits per heavy atom. The second-order valence-electron chi connectivity index (χ2n) is 6.26. The Morgan fingerprint density at radius 1 is 1.30 bits per heavy atom. The molecule has 3 N–H and O–H groups in total. The molecular weight excluding hydrogens is 298 g/mol. The number of anilines is 3. The van der Waals surface area contributed by atoms with Gasteiger partial charge in [0, 0.05) is 32.7 Å². The molecule has 0 unspecified atom stereocenters. The Kier molecular flexibility index (Phi) is 5.54. The molecule has 1 aliphatic heterocycles. The molecule has 0 radical (unpaired) electrons. The van der Waals surface area contributed by atoms with Gasteiger partial charge in [0.05, 0.1) is 4.92 Å². The van der Waals surface area contributed by atoms with Crippen molar-refractivity contribution in [1.82, 2.24) is 14.9 Å². The fraction of sp³-hybridized carbons (Fsp3) is 0.714. The Balaban J connectivity index is 2.25. The van der Waals surface area contributed by atoms with E-state index >= 15 is 0 Å². The van der Waals surface area contributed by atoms with Crippen LogP contribution in [0, 0.1) is 16.0 Å². The number of nitrogen functional groups attached to an aromatic ring is 1. The summed E-state index contributed by atoms with van der Waals surface area (Å²) in [6.07, 6.45) is 0.962. The van der Waals surface area contributed by atoms with E-state index in [1.165, 1.54) is 0 Å². The van der Waals surface area contributed by atoms with E-state index in [4.69, 9.17) is 5.73 Å². The standard InChI is InChI=1S/C14H25N7O2/c1-10(2)4-5-16-14-17-12(15)11(21(22)23)13(18-14)20-8-6-19(3)7-9-20/h10H,4-9H2,1-3H3,(H3,15,16,17,18). The normalized spacial score (nSPS) is 15.9. The summed E-state index contributed by atoms with van der Waals surface area (Å²) in [7, 11) is 2.03. The van der Waals surface area contributed by atoms with Crippen molar-refractivity contribution in [2.75, 3.05) is 55.7 Å². The molecule has 0 aromatic carbocycles. The van der Waals surface area contributed by atoms with Crippen LogP contribution in [-0.2, 0) is 0 Å². The van der Waals surface area contributed by atoms with E-state index in [9.17, 15) is 10.1 Å². The zero-order chi connectivity index (χ0) is 17.0. The van der Waals surface area contributed by atoms with Crippen LogP contribution in [0.3, 0.4) is 0 Å². The molecule has 2 heterocycles. The minimum absolute atomic E-state index is 0.0917. The summed E-state index contributed by atoms with van der Waals surface area (Å²) in [5.41, 5.74) is 5.61. The highest BCUT2D eigenvalue weighted by Crippen LogP contribution is 2.32. The van der Waals surface area contributed by atoms with Gasteiger partial charge >= 0.3 is 5.69 Å². The highest BCUT2D eigenvalue weighted by Gasteiger charge is 2.28. The van der Waals surface area contributed by atoms with Crippen LogP contribution in [-0.4, -0.2) is 59.6 Å². The average molecular weight is 323 g/mol. The van der Waals surface area contributed by atoms with E-state index in [2.05, 4.69) is 34.0 Å². The van der Waals surface area contributed by atoms with Crippen molar-refractivity contribution in [3.8, 4) is 0 Å². The average Bonchev–Trinajstić information content (AvgIpc) is 2.46. The van der Waals surface area contributed by atoms with E-state index in [-0.39, 0.29) is 11.5 Å². The molecule has 128 valence electrons. The van der Waals surface area contributed by atoms with Gasteiger partial charge in [-0.15, -0.1) is 0 Å². The predicted octanol–water partition coefficient (Wildman–Crippen LogP) is 1.18. The lowest BCUT2D eigenvalue weighted by Crippen LogP contribution is -2.45. The molecular formula is C14H25N7O2. The summed E-state index contributed by atoms with van der Waals surface area (Å²) in [4.78, 5) is 23.3. The Labute approximate surface area is 136 Å². The first kappa shape index (κ1) is 17.2. The third kappa shape index (κ3) is 4.41. The van der Waals surface area contributed by atoms with E-state index in [1.54, 1.807) is 0 Å². The first-order chi connectivity index (χ1) is 10.9. The molecule has 23 heavy (non-hydrogen) atoms. The van der Waals surface area contributed by atoms with Crippen LogP contribution in [0.1, 0.15) is 20.3 Å². The van der Waals surface area contributed by atoms with Crippen LogP contribution < -0.4 is 16.0 Å². The number of nitrogens with one attached hydrogen (secondary N) is 1. The molecule has 1 aromatic heterocycles. The van der Waals surface area contributed by atoms with Gasteiger partial charge in [-0.1, -0.05) is 13.8 Å². The largest absolute Gasteiger partial charge is 0.378 e. The summed E-state index contributed by atoms with van der Waals surface area (Å²) in [6.45, 7) is 7.98. The Hall–Kier alpha value is -2.16. The fourth-order valence-corrected chi connectivity index (χ4v) is 2.43. The quantitative estimate of drug-likeness (QED) is 0.592. The molecule has 1 aliphatic rings. The van der Waals surface area contributed by atoms with Crippen LogP contribution >= 0.6 is 0 Å². The molecule has 1 saturated heterocycles. The summed E-state index contributed by atoms with van der Waals surface area (Å²) < 4.78 is 0. The van der Waals surface area contributed by atoms with Gasteiger partial charge < -0.3 is 20.9 Å².